The zero-order valence-corrected chi connectivity index (χ0v) is 7.79. The predicted octanol–water partition coefficient (Wildman–Crippen LogP) is 1.96. The van der Waals surface area contributed by atoms with Gasteiger partial charge in [-0.05, 0) is 11.0 Å². The maximum atomic E-state index is 2.33. The fourth-order valence-electron chi connectivity index (χ4n) is 0.759. The fourth-order valence-corrected chi connectivity index (χ4v) is 1.81. The SMILES string of the molecule is B[C@@H](CC)C(C)SCC. The Kier molecular flexibility index (Phi) is 5.46. The Labute approximate surface area is 64.2 Å². The molecule has 0 heterocycles. The van der Waals surface area contributed by atoms with Gasteiger partial charge in [-0.15, -0.1) is 0 Å². The zero-order valence-electron chi connectivity index (χ0n) is 6.98. The molecule has 9 heavy (non-hydrogen) atoms. The first-order valence-corrected chi connectivity index (χ1v) is 4.88. The molecule has 0 aliphatic heterocycles. The summed E-state index contributed by atoms with van der Waals surface area (Å²) in [5, 5.41) is 0.847. The van der Waals surface area contributed by atoms with Crippen LogP contribution < -0.4 is 0 Å². The summed E-state index contributed by atoms with van der Waals surface area (Å²) in [6, 6.07) is 0. The van der Waals surface area contributed by atoms with Crippen molar-refractivity contribution in [1.82, 2.24) is 0 Å². The maximum absolute atomic E-state index is 2.33. The minimum absolute atomic E-state index is 0.847. The van der Waals surface area contributed by atoms with Crippen LogP contribution in [-0.2, 0) is 0 Å². The highest BCUT2D eigenvalue weighted by molar-refractivity contribution is 7.99. The summed E-state index contributed by atoms with van der Waals surface area (Å²) < 4.78 is 0. The molecule has 1 unspecified atom stereocenters. The average molecular weight is 144 g/mol. The van der Waals surface area contributed by atoms with Gasteiger partial charge in [0.15, 0.2) is 0 Å². The molecular weight excluding hydrogens is 127 g/mol. The van der Waals surface area contributed by atoms with Crippen molar-refractivity contribution in [2.75, 3.05) is 5.75 Å². The second-order valence-electron chi connectivity index (χ2n) is 2.55. The van der Waals surface area contributed by atoms with E-state index in [1.807, 2.05) is 0 Å². The van der Waals surface area contributed by atoms with Crippen LogP contribution in [0, 0.1) is 0 Å². The van der Waals surface area contributed by atoms with Crippen LogP contribution in [0.3, 0.4) is 0 Å². The molecule has 0 bridgehead atoms. The second kappa shape index (κ2) is 5.22. The quantitative estimate of drug-likeness (QED) is 0.543. The largest absolute Gasteiger partial charge is 0.160 e. The van der Waals surface area contributed by atoms with Gasteiger partial charge in [0.1, 0.15) is 7.85 Å². The van der Waals surface area contributed by atoms with E-state index in [9.17, 15) is 0 Å². The van der Waals surface area contributed by atoms with Crippen molar-refractivity contribution < 1.29 is 0 Å². The minimum Gasteiger partial charge on any atom is -0.160 e. The number of rotatable bonds is 4. The van der Waals surface area contributed by atoms with Crippen LogP contribution in [0.15, 0.2) is 0 Å². The Hall–Kier alpha value is 0.415. The molecular formula is C7H17BS. The summed E-state index contributed by atoms with van der Waals surface area (Å²) in [5.74, 6) is 2.14. The number of hydrogen-bond donors (Lipinski definition) is 0. The molecule has 0 nitrogen and oxygen atoms in total. The molecule has 0 saturated carbocycles. The molecule has 0 aliphatic rings. The minimum atomic E-state index is 0.847. The lowest BCUT2D eigenvalue weighted by Crippen LogP contribution is -2.06. The third-order valence-electron chi connectivity index (χ3n) is 1.87. The molecule has 0 aliphatic carbocycles. The standard InChI is InChI=1S/C7H17BS/c1-4-7(8)6(3)9-5-2/h6-7H,4-5,8H2,1-3H3/t6?,7-/m0/s1. The lowest BCUT2D eigenvalue weighted by atomic mass is 9.83. The van der Waals surface area contributed by atoms with E-state index < -0.39 is 0 Å². The monoisotopic (exact) mass is 144 g/mol. The normalized spacial score (nSPS) is 17.2. The molecule has 2 heteroatoms. The average Bonchev–Trinajstić information content (AvgIpc) is 1.87. The maximum Gasteiger partial charge on any atom is 0.106 e. The van der Waals surface area contributed by atoms with Crippen LogP contribution in [-0.4, -0.2) is 18.8 Å². The van der Waals surface area contributed by atoms with Crippen LogP contribution in [0.4, 0.5) is 0 Å². The molecule has 0 aromatic carbocycles. The lowest BCUT2D eigenvalue weighted by Gasteiger charge is -2.16. The van der Waals surface area contributed by atoms with Gasteiger partial charge >= 0.3 is 0 Å². The van der Waals surface area contributed by atoms with Gasteiger partial charge in [0, 0.05) is 0 Å². The van der Waals surface area contributed by atoms with E-state index in [1.165, 1.54) is 12.2 Å². The van der Waals surface area contributed by atoms with Crippen molar-refractivity contribution in [3.8, 4) is 0 Å². The summed E-state index contributed by atoms with van der Waals surface area (Å²) in [6.45, 7) is 6.81. The van der Waals surface area contributed by atoms with E-state index in [-0.39, 0.29) is 0 Å². The molecule has 0 rings (SSSR count). The molecule has 0 aromatic rings. The van der Waals surface area contributed by atoms with Crippen LogP contribution in [0.25, 0.3) is 0 Å². The van der Waals surface area contributed by atoms with E-state index in [0.717, 1.165) is 11.1 Å². The van der Waals surface area contributed by atoms with Gasteiger partial charge in [-0.2, -0.15) is 11.8 Å². The first-order valence-electron chi connectivity index (χ1n) is 3.83. The molecule has 2 atom stereocenters. The Bertz CT molecular complexity index is 65.9. The summed E-state index contributed by atoms with van der Waals surface area (Å²) in [5.41, 5.74) is 0. The van der Waals surface area contributed by atoms with Gasteiger partial charge < -0.3 is 0 Å². The Balaban J connectivity index is 3.32. The second-order valence-corrected chi connectivity index (χ2v) is 4.20. The molecule has 0 spiro atoms. The lowest BCUT2D eigenvalue weighted by molar-refractivity contribution is 0.784. The van der Waals surface area contributed by atoms with Gasteiger partial charge in [-0.3, -0.25) is 0 Å². The van der Waals surface area contributed by atoms with Gasteiger partial charge in [-0.1, -0.05) is 33.0 Å². The highest BCUT2D eigenvalue weighted by Crippen LogP contribution is 2.23. The van der Waals surface area contributed by atoms with Gasteiger partial charge in [0.05, 0.1) is 0 Å². The van der Waals surface area contributed by atoms with E-state index in [2.05, 4.69) is 40.4 Å². The van der Waals surface area contributed by atoms with Crippen molar-refractivity contribution in [1.29, 1.82) is 0 Å². The highest BCUT2D eigenvalue weighted by Gasteiger charge is 2.08. The van der Waals surface area contributed by atoms with E-state index in [4.69, 9.17) is 0 Å². The third-order valence-corrected chi connectivity index (χ3v) is 3.20. The fraction of sp³-hybridized carbons (Fsp3) is 1.00. The van der Waals surface area contributed by atoms with Crippen LogP contribution in [0.1, 0.15) is 27.2 Å². The number of hydrogen-bond acceptors (Lipinski definition) is 1. The van der Waals surface area contributed by atoms with Crippen LogP contribution in [0.2, 0.25) is 5.82 Å². The van der Waals surface area contributed by atoms with Crippen molar-refractivity contribution in [3.05, 3.63) is 0 Å². The topological polar surface area (TPSA) is 0 Å². The summed E-state index contributed by atoms with van der Waals surface area (Å²) in [7, 11) is 2.33. The summed E-state index contributed by atoms with van der Waals surface area (Å²) in [4.78, 5) is 0. The summed E-state index contributed by atoms with van der Waals surface area (Å²) in [6.07, 6.45) is 1.31. The molecule has 0 radical (unpaired) electrons. The number of thioether (sulfide) groups is 1. The van der Waals surface area contributed by atoms with E-state index in [1.54, 1.807) is 0 Å². The highest BCUT2D eigenvalue weighted by atomic mass is 32.2. The van der Waals surface area contributed by atoms with Crippen LogP contribution >= 0.6 is 11.8 Å². The molecule has 0 amide bonds. The van der Waals surface area contributed by atoms with Crippen molar-refractivity contribution in [3.63, 3.8) is 0 Å². The zero-order chi connectivity index (χ0) is 7.28. The Morgan fingerprint density at radius 1 is 1.44 bits per heavy atom. The van der Waals surface area contributed by atoms with E-state index >= 15 is 0 Å². The predicted molar refractivity (Wildman–Crippen MR) is 50.2 cm³/mol. The smallest absolute Gasteiger partial charge is 0.106 e. The third kappa shape index (κ3) is 3.91. The Morgan fingerprint density at radius 2 is 2.00 bits per heavy atom. The van der Waals surface area contributed by atoms with Gasteiger partial charge in [-0.25, -0.2) is 0 Å². The van der Waals surface area contributed by atoms with Crippen molar-refractivity contribution in [2.45, 2.75) is 38.3 Å². The first-order chi connectivity index (χ1) is 4.22. The van der Waals surface area contributed by atoms with Crippen LogP contribution in [0.5, 0.6) is 0 Å². The molecule has 0 N–H and O–H groups in total. The van der Waals surface area contributed by atoms with Gasteiger partial charge in [0.2, 0.25) is 0 Å². The van der Waals surface area contributed by atoms with E-state index in [0.29, 0.717) is 0 Å². The van der Waals surface area contributed by atoms with Gasteiger partial charge in [0.25, 0.3) is 0 Å². The molecule has 0 aromatic heterocycles. The molecule has 54 valence electrons. The molecule has 0 saturated heterocycles. The first kappa shape index (κ1) is 9.41. The van der Waals surface area contributed by atoms with Crippen molar-refractivity contribution >= 4 is 19.6 Å². The van der Waals surface area contributed by atoms with Crippen molar-refractivity contribution in [2.24, 2.45) is 0 Å². The molecule has 0 fully saturated rings. The summed E-state index contributed by atoms with van der Waals surface area (Å²) >= 11 is 2.06. The Morgan fingerprint density at radius 3 is 2.33 bits per heavy atom.